The largest absolute Gasteiger partial charge is 0.359 e. The summed E-state index contributed by atoms with van der Waals surface area (Å²) in [5.41, 5.74) is 1.09. The molecule has 4 heterocycles. The predicted molar refractivity (Wildman–Crippen MR) is 98.2 cm³/mol. The summed E-state index contributed by atoms with van der Waals surface area (Å²) in [6.45, 7) is 2.95. The van der Waals surface area contributed by atoms with Gasteiger partial charge in [-0.25, -0.2) is 9.97 Å². The van der Waals surface area contributed by atoms with E-state index >= 15 is 0 Å². The maximum absolute atomic E-state index is 12.5. The van der Waals surface area contributed by atoms with E-state index in [0.29, 0.717) is 30.1 Å². The van der Waals surface area contributed by atoms with Crippen LogP contribution in [0.2, 0.25) is 5.28 Å². The number of rotatable bonds is 4. The lowest BCUT2D eigenvalue weighted by Crippen LogP contribution is -2.50. The van der Waals surface area contributed by atoms with E-state index in [1.807, 2.05) is 23.1 Å². The zero-order valence-electron chi connectivity index (χ0n) is 13.9. The number of nitrogens with zero attached hydrogens (tertiary/aromatic N) is 6. The SMILES string of the molecule is O=C(CNc1nc(Cl)nc2nc[nH]c12)N1CCN(c2ccccn2)CC1. The van der Waals surface area contributed by atoms with Crippen LogP contribution in [-0.2, 0) is 4.79 Å². The molecule has 0 aromatic carbocycles. The molecular formula is C16H17ClN8O. The van der Waals surface area contributed by atoms with Crippen molar-refractivity contribution in [1.29, 1.82) is 0 Å². The molecule has 134 valence electrons. The molecule has 1 saturated heterocycles. The molecular weight excluding hydrogens is 356 g/mol. The molecule has 10 heteroatoms. The highest BCUT2D eigenvalue weighted by atomic mass is 35.5. The lowest BCUT2D eigenvalue weighted by Gasteiger charge is -2.35. The molecule has 1 fully saturated rings. The molecule has 2 N–H and O–H groups in total. The van der Waals surface area contributed by atoms with E-state index in [2.05, 4.69) is 35.1 Å². The van der Waals surface area contributed by atoms with E-state index in [9.17, 15) is 4.79 Å². The zero-order chi connectivity index (χ0) is 17.9. The maximum atomic E-state index is 12.5. The third kappa shape index (κ3) is 3.38. The van der Waals surface area contributed by atoms with Gasteiger partial charge in [0.15, 0.2) is 11.5 Å². The van der Waals surface area contributed by atoms with Crippen LogP contribution >= 0.6 is 11.6 Å². The molecule has 0 atom stereocenters. The number of anilines is 2. The number of amides is 1. The molecule has 3 aromatic heterocycles. The summed E-state index contributed by atoms with van der Waals surface area (Å²) < 4.78 is 0. The second kappa shape index (κ2) is 7.12. The van der Waals surface area contributed by atoms with Crippen LogP contribution in [0.5, 0.6) is 0 Å². The number of pyridine rings is 1. The van der Waals surface area contributed by atoms with Gasteiger partial charge < -0.3 is 20.1 Å². The minimum Gasteiger partial charge on any atom is -0.359 e. The van der Waals surface area contributed by atoms with Crippen LogP contribution in [0.25, 0.3) is 11.2 Å². The summed E-state index contributed by atoms with van der Waals surface area (Å²) in [5, 5.41) is 3.12. The van der Waals surface area contributed by atoms with Crippen LogP contribution in [0, 0.1) is 0 Å². The fourth-order valence-electron chi connectivity index (χ4n) is 2.93. The number of imidazole rings is 1. The van der Waals surface area contributed by atoms with Crippen molar-refractivity contribution in [3.63, 3.8) is 0 Å². The van der Waals surface area contributed by atoms with Gasteiger partial charge >= 0.3 is 0 Å². The highest BCUT2D eigenvalue weighted by Gasteiger charge is 2.22. The minimum absolute atomic E-state index is 0.00747. The Balaban J connectivity index is 1.35. The van der Waals surface area contributed by atoms with Crippen LogP contribution < -0.4 is 10.2 Å². The van der Waals surface area contributed by atoms with Crippen molar-refractivity contribution < 1.29 is 4.79 Å². The molecule has 4 rings (SSSR count). The third-order valence-corrected chi connectivity index (χ3v) is 4.44. The summed E-state index contributed by atoms with van der Waals surface area (Å²) >= 11 is 5.90. The summed E-state index contributed by atoms with van der Waals surface area (Å²) in [5.74, 6) is 1.42. The average molecular weight is 373 g/mol. The van der Waals surface area contributed by atoms with Crippen molar-refractivity contribution in [2.24, 2.45) is 0 Å². The Morgan fingerprint density at radius 1 is 1.19 bits per heavy atom. The smallest absolute Gasteiger partial charge is 0.242 e. The van der Waals surface area contributed by atoms with Crippen molar-refractivity contribution in [3.8, 4) is 0 Å². The standard InChI is InChI=1S/C16H17ClN8O/c17-16-22-14(13-15(23-16)21-10-20-13)19-9-12(26)25-7-5-24(6-8-25)11-3-1-2-4-18-11/h1-4,10H,5-9H2,(H2,19,20,21,22,23). The van der Waals surface area contributed by atoms with Crippen LogP contribution in [0.15, 0.2) is 30.7 Å². The summed E-state index contributed by atoms with van der Waals surface area (Å²) in [4.78, 5) is 36.0. The first kappa shape index (κ1) is 16.5. The van der Waals surface area contributed by atoms with Gasteiger partial charge in [-0.2, -0.15) is 9.97 Å². The Hall–Kier alpha value is -2.94. The molecule has 1 aliphatic rings. The van der Waals surface area contributed by atoms with Crippen LogP contribution in [0.3, 0.4) is 0 Å². The number of hydrogen-bond donors (Lipinski definition) is 2. The Morgan fingerprint density at radius 3 is 2.81 bits per heavy atom. The number of hydrogen-bond acceptors (Lipinski definition) is 7. The molecule has 0 radical (unpaired) electrons. The Kier molecular flexibility index (Phi) is 4.53. The first-order valence-corrected chi connectivity index (χ1v) is 8.63. The normalized spacial score (nSPS) is 14.7. The van der Waals surface area contributed by atoms with Crippen LogP contribution in [0.1, 0.15) is 0 Å². The number of piperazine rings is 1. The fraction of sp³-hybridized carbons (Fsp3) is 0.312. The van der Waals surface area contributed by atoms with Gasteiger partial charge in [0.05, 0.1) is 12.9 Å². The highest BCUT2D eigenvalue weighted by Crippen LogP contribution is 2.18. The lowest BCUT2D eigenvalue weighted by atomic mass is 10.3. The van der Waals surface area contributed by atoms with Crippen molar-refractivity contribution >= 4 is 40.3 Å². The van der Waals surface area contributed by atoms with Gasteiger partial charge in [0, 0.05) is 32.4 Å². The van der Waals surface area contributed by atoms with Crippen molar-refractivity contribution in [3.05, 3.63) is 36.0 Å². The first-order valence-electron chi connectivity index (χ1n) is 8.25. The van der Waals surface area contributed by atoms with Gasteiger partial charge in [-0.05, 0) is 23.7 Å². The van der Waals surface area contributed by atoms with Crippen molar-refractivity contribution in [1.82, 2.24) is 29.8 Å². The number of nitrogens with one attached hydrogen (secondary N) is 2. The number of carbonyl (C=O) groups excluding carboxylic acids is 1. The number of fused-ring (bicyclic) bond motifs is 1. The fourth-order valence-corrected chi connectivity index (χ4v) is 3.10. The van der Waals surface area contributed by atoms with Gasteiger partial charge in [-0.15, -0.1) is 0 Å². The van der Waals surface area contributed by atoms with Gasteiger partial charge in [0.1, 0.15) is 11.3 Å². The monoisotopic (exact) mass is 372 g/mol. The molecule has 0 unspecified atom stereocenters. The molecule has 1 amide bonds. The van der Waals surface area contributed by atoms with Gasteiger partial charge in [0.25, 0.3) is 0 Å². The molecule has 0 aliphatic carbocycles. The van der Waals surface area contributed by atoms with Gasteiger partial charge in [-0.3, -0.25) is 4.79 Å². The predicted octanol–water partition coefficient (Wildman–Crippen LogP) is 1.16. The molecule has 26 heavy (non-hydrogen) atoms. The Labute approximate surface area is 154 Å². The second-order valence-corrected chi connectivity index (χ2v) is 6.19. The minimum atomic E-state index is 0.00747. The molecule has 0 spiro atoms. The quantitative estimate of drug-likeness (QED) is 0.662. The molecule has 3 aromatic rings. The second-order valence-electron chi connectivity index (χ2n) is 5.85. The zero-order valence-corrected chi connectivity index (χ0v) is 14.6. The Morgan fingerprint density at radius 2 is 2.04 bits per heavy atom. The summed E-state index contributed by atoms with van der Waals surface area (Å²) in [6.07, 6.45) is 3.29. The molecule has 1 aliphatic heterocycles. The third-order valence-electron chi connectivity index (χ3n) is 4.27. The van der Waals surface area contributed by atoms with Crippen LogP contribution in [0.4, 0.5) is 11.6 Å². The maximum Gasteiger partial charge on any atom is 0.242 e. The number of aromatic nitrogens is 5. The van der Waals surface area contributed by atoms with E-state index in [1.165, 1.54) is 6.33 Å². The average Bonchev–Trinajstić information content (AvgIpc) is 3.15. The van der Waals surface area contributed by atoms with E-state index in [-0.39, 0.29) is 17.7 Å². The van der Waals surface area contributed by atoms with Gasteiger partial charge in [0.2, 0.25) is 11.2 Å². The first-order chi connectivity index (χ1) is 12.7. The highest BCUT2D eigenvalue weighted by molar-refractivity contribution is 6.28. The molecule has 9 nitrogen and oxygen atoms in total. The Bertz CT molecular complexity index is 907. The van der Waals surface area contributed by atoms with Crippen molar-refractivity contribution in [2.45, 2.75) is 0 Å². The number of halogens is 1. The summed E-state index contributed by atoms with van der Waals surface area (Å²) in [7, 11) is 0. The van der Waals surface area contributed by atoms with E-state index in [1.54, 1.807) is 6.20 Å². The van der Waals surface area contributed by atoms with Gasteiger partial charge in [-0.1, -0.05) is 6.07 Å². The number of H-pyrrole nitrogens is 1. The van der Waals surface area contributed by atoms with E-state index in [0.717, 1.165) is 18.9 Å². The lowest BCUT2D eigenvalue weighted by molar-refractivity contribution is -0.129. The molecule has 0 saturated carbocycles. The van der Waals surface area contributed by atoms with E-state index < -0.39 is 0 Å². The molecule has 0 bridgehead atoms. The topological polar surface area (TPSA) is 103 Å². The van der Waals surface area contributed by atoms with Crippen molar-refractivity contribution in [2.75, 3.05) is 42.9 Å². The summed E-state index contributed by atoms with van der Waals surface area (Å²) in [6, 6.07) is 5.84. The number of aromatic amines is 1. The van der Waals surface area contributed by atoms with E-state index in [4.69, 9.17) is 11.6 Å². The van der Waals surface area contributed by atoms with Crippen LogP contribution in [-0.4, -0.2) is 68.5 Å². The number of carbonyl (C=O) groups is 1.